The Balaban J connectivity index is 0.000000227. The minimum Gasteiger partial charge on any atom is -0.478 e. The topological polar surface area (TPSA) is 367 Å². The van der Waals surface area contributed by atoms with Crippen molar-refractivity contribution in [1.29, 1.82) is 0 Å². The zero-order chi connectivity index (χ0) is 52.4. The molecule has 3 unspecified atom stereocenters. The second kappa shape index (κ2) is 26.3. The van der Waals surface area contributed by atoms with E-state index in [4.69, 9.17) is 59.0 Å². The van der Waals surface area contributed by atoms with Gasteiger partial charge in [-0.05, 0) is 75.9 Å². The van der Waals surface area contributed by atoms with Crippen molar-refractivity contribution in [2.24, 2.45) is 0 Å². The number of carboxylic acids is 1. The monoisotopic (exact) mass is 1020 g/mol. The summed E-state index contributed by atoms with van der Waals surface area (Å²) in [6.07, 6.45) is 16.0. The molecule has 3 atom stereocenters. The molecule has 25 heteroatoms. The van der Waals surface area contributed by atoms with Gasteiger partial charge in [-0.15, -0.1) is 24.7 Å². The Morgan fingerprint density at radius 2 is 1.11 bits per heavy atom. The minimum atomic E-state index is -3.38. The van der Waals surface area contributed by atoms with Crippen LogP contribution in [0, 0.1) is 24.7 Å². The van der Waals surface area contributed by atoms with Gasteiger partial charge in [0.1, 0.15) is 12.1 Å². The highest BCUT2D eigenvalue weighted by atomic mass is 31.2. The van der Waals surface area contributed by atoms with Crippen molar-refractivity contribution in [2.75, 3.05) is 62.2 Å². The van der Waals surface area contributed by atoms with E-state index in [1.54, 1.807) is 62.6 Å². The van der Waals surface area contributed by atoms with E-state index in [-0.39, 0.29) is 72.1 Å². The predicted octanol–water partition coefficient (Wildman–Crippen LogP) is 5.70. The molecule has 4 aromatic heterocycles. The lowest BCUT2D eigenvalue weighted by molar-refractivity contribution is 0.0696. The van der Waals surface area contributed by atoms with Gasteiger partial charge in [0.05, 0.1) is 55.8 Å². The van der Waals surface area contributed by atoms with Gasteiger partial charge >= 0.3 is 21.2 Å². The van der Waals surface area contributed by atoms with E-state index in [2.05, 4.69) is 62.3 Å². The molecule has 0 bridgehead atoms. The normalized spacial score (nSPS) is 13.8. The van der Waals surface area contributed by atoms with E-state index in [1.165, 1.54) is 0 Å². The first-order valence-corrected chi connectivity index (χ1v) is 26.0. The van der Waals surface area contributed by atoms with Crippen LogP contribution in [0.2, 0.25) is 0 Å². The van der Waals surface area contributed by atoms with Crippen molar-refractivity contribution >= 4 is 72.9 Å². The predicted molar refractivity (Wildman–Crippen MR) is 273 cm³/mol. The van der Waals surface area contributed by atoms with Gasteiger partial charge in [-0.25, -0.2) is 24.7 Å². The molecular formula is C47H58N14O9P2. The van der Waals surface area contributed by atoms with Crippen LogP contribution in [0.25, 0.3) is 22.3 Å². The molecule has 0 radical (unpaired) electrons. The highest BCUT2D eigenvalue weighted by Gasteiger charge is 2.43. The van der Waals surface area contributed by atoms with E-state index in [0.29, 0.717) is 78.2 Å². The lowest BCUT2D eigenvalue weighted by Gasteiger charge is -2.18. The van der Waals surface area contributed by atoms with Gasteiger partial charge in [-0.3, -0.25) is 13.9 Å². The zero-order valence-electron chi connectivity index (χ0n) is 40.2. The molecule has 380 valence electrons. The number of nitrogens with one attached hydrogen (secondary N) is 2. The number of nitrogen functional groups attached to an aromatic ring is 4. The van der Waals surface area contributed by atoms with Crippen LogP contribution in [0.1, 0.15) is 95.6 Å². The summed E-state index contributed by atoms with van der Waals surface area (Å²) in [6.45, 7) is 9.10. The maximum Gasteiger partial charge on any atom is 0.349 e. The fraction of sp³-hybridized carbons (Fsp3) is 0.362. The quantitative estimate of drug-likeness (QED) is 0.0258. The molecule has 0 aliphatic carbocycles. The van der Waals surface area contributed by atoms with Crippen LogP contribution >= 0.6 is 15.2 Å². The maximum absolute atomic E-state index is 12.6. The second-order valence-electron chi connectivity index (χ2n) is 15.6. The number of hydrogen-bond donors (Lipinski definition) is 7. The molecule has 1 aliphatic rings. The van der Waals surface area contributed by atoms with Crippen LogP contribution in [0.15, 0.2) is 60.9 Å². The van der Waals surface area contributed by atoms with E-state index in [9.17, 15) is 18.7 Å². The van der Waals surface area contributed by atoms with Crippen molar-refractivity contribution in [3.05, 3.63) is 94.6 Å². The molecule has 1 fully saturated rings. The van der Waals surface area contributed by atoms with E-state index in [0.717, 1.165) is 17.7 Å². The Bertz CT molecular complexity index is 2990. The average Bonchev–Trinajstić information content (AvgIpc) is 4.21. The third-order valence-corrected chi connectivity index (χ3v) is 14.6. The number of fused-ring (bicyclic) bond motifs is 2. The Kier molecular flexibility index (Phi) is 20.4. The number of benzene rings is 2. The first-order chi connectivity index (χ1) is 34.5. The summed E-state index contributed by atoms with van der Waals surface area (Å²) in [7, 11) is -6.17. The highest BCUT2D eigenvalue weighted by Crippen LogP contribution is 2.55. The van der Waals surface area contributed by atoms with Gasteiger partial charge < -0.3 is 56.8 Å². The summed E-state index contributed by atoms with van der Waals surface area (Å²) in [4.78, 5) is 57.0. The van der Waals surface area contributed by atoms with Crippen LogP contribution in [0.5, 0.6) is 0 Å². The number of anilines is 4. The van der Waals surface area contributed by atoms with Crippen LogP contribution in [-0.2, 0) is 40.1 Å². The molecule has 23 nitrogen and oxygen atoms in total. The van der Waals surface area contributed by atoms with E-state index < -0.39 is 21.2 Å². The van der Waals surface area contributed by atoms with E-state index in [1.807, 2.05) is 26.0 Å². The third kappa shape index (κ3) is 15.6. The highest BCUT2D eigenvalue weighted by molar-refractivity contribution is 7.55. The van der Waals surface area contributed by atoms with Gasteiger partial charge in [0.25, 0.3) is 5.91 Å². The molecule has 11 N–H and O–H groups in total. The van der Waals surface area contributed by atoms with Gasteiger partial charge in [0.15, 0.2) is 34.0 Å². The SMILES string of the molecule is C#CCC(Cc1cnc2nc(N)nc(N)c2n1)c1ccc(C(=O)NCP(=O)(OCC)OCC)cc1.C#CCC(Cc1cnc2nc(N)nc(N)c2n1)c1ccc(C(=O)O)cc1.CCOP(=O)(OCC)C1CN1. The number of carboxylic acid groups (broad SMARTS) is 1. The molecular weight excluding hydrogens is 967 g/mol. The van der Waals surface area contributed by atoms with Crippen molar-refractivity contribution in [1.82, 2.24) is 50.5 Å². The number of carbonyl (C=O) groups excluding carboxylic acids is 1. The van der Waals surface area contributed by atoms with Crippen molar-refractivity contribution in [3.8, 4) is 24.7 Å². The van der Waals surface area contributed by atoms with Gasteiger partial charge in [-0.1, -0.05) is 24.3 Å². The summed E-state index contributed by atoms with van der Waals surface area (Å²) in [5.41, 5.74) is 28.2. The molecule has 72 heavy (non-hydrogen) atoms. The fourth-order valence-corrected chi connectivity index (χ4v) is 10.1. The van der Waals surface area contributed by atoms with Crippen LogP contribution < -0.4 is 33.6 Å². The summed E-state index contributed by atoms with van der Waals surface area (Å²) >= 11 is 0. The standard InChI is InChI=1S/C23H28N7O4P.C18H16N6O2.C6H14NO3P/c1-4-7-17(12-18-13-26-21-19(28-18)20(24)29-23(25)30-21)15-8-10-16(11-9-15)22(31)27-14-35(32,33-5-2)34-6-3;1-2-3-12(10-4-6-11(7-5-10)17(25)26)8-13-9-21-16-14(22-13)15(19)23-18(20)24-16;1-3-9-11(8,10-4-2)6-5-7-6/h1,8-11,13,17H,5-7,12,14H2,2-3H3,(H,27,31)(H4,24,25,26,29,30);1,4-7,9,12H,3,8H2,(H,25,26)(H4,19,20,21,23,24);6-7H,3-5H2,1-2H3. The van der Waals surface area contributed by atoms with Gasteiger partial charge in [0.2, 0.25) is 11.9 Å². The zero-order valence-corrected chi connectivity index (χ0v) is 42.0. The number of carbonyl (C=O) groups is 2. The minimum absolute atomic E-state index is 0.0324. The average molecular weight is 1030 g/mol. The van der Waals surface area contributed by atoms with Crippen LogP contribution in [0.4, 0.5) is 23.5 Å². The molecule has 1 amide bonds. The first kappa shape index (κ1) is 55.7. The molecule has 1 aliphatic heterocycles. The first-order valence-electron chi connectivity index (χ1n) is 22.7. The smallest absolute Gasteiger partial charge is 0.349 e. The summed E-state index contributed by atoms with van der Waals surface area (Å²) in [5, 5.41) is 14.6. The van der Waals surface area contributed by atoms with Crippen molar-refractivity contribution < 1.29 is 41.9 Å². The molecule has 6 aromatic rings. The lowest BCUT2D eigenvalue weighted by Crippen LogP contribution is -2.25. The molecule has 1 saturated heterocycles. The number of hydrogen-bond acceptors (Lipinski definition) is 21. The number of nitrogens with zero attached hydrogens (tertiary/aromatic N) is 8. The Morgan fingerprint density at radius 1 is 0.694 bits per heavy atom. The van der Waals surface area contributed by atoms with Crippen molar-refractivity contribution in [3.63, 3.8) is 0 Å². The van der Waals surface area contributed by atoms with Gasteiger partial charge in [-0.2, -0.15) is 19.9 Å². The van der Waals surface area contributed by atoms with Crippen LogP contribution in [-0.4, -0.2) is 102 Å². The third-order valence-electron chi connectivity index (χ3n) is 10.4. The number of rotatable bonds is 21. The van der Waals surface area contributed by atoms with Crippen LogP contribution in [0.3, 0.4) is 0 Å². The molecule has 0 spiro atoms. The van der Waals surface area contributed by atoms with Crippen molar-refractivity contribution in [2.45, 2.75) is 71.0 Å². The molecule has 0 saturated carbocycles. The number of terminal acetylenes is 2. The van der Waals surface area contributed by atoms with Gasteiger partial charge in [0, 0.05) is 36.8 Å². The lowest BCUT2D eigenvalue weighted by atomic mass is 9.91. The number of aromatic nitrogens is 8. The second-order valence-corrected chi connectivity index (χ2v) is 19.9. The fourth-order valence-electron chi connectivity index (χ4n) is 7.02. The summed E-state index contributed by atoms with van der Waals surface area (Å²) in [6, 6.07) is 13.7. The Hall–Kier alpha value is -7.20. The summed E-state index contributed by atoms with van der Waals surface area (Å²) < 4.78 is 44.7. The largest absolute Gasteiger partial charge is 0.478 e. The number of aromatic carboxylic acids is 1. The molecule has 2 aromatic carbocycles. The summed E-state index contributed by atoms with van der Waals surface area (Å²) in [5.74, 6) is 4.21. The molecule has 7 rings (SSSR count). The number of amides is 1. The van der Waals surface area contributed by atoms with E-state index >= 15 is 0 Å². The Morgan fingerprint density at radius 3 is 1.49 bits per heavy atom. The molecule has 5 heterocycles. The number of nitrogens with two attached hydrogens (primary N) is 4. The Labute approximate surface area is 416 Å². The maximum atomic E-state index is 12.6.